The van der Waals surface area contributed by atoms with Crippen LogP contribution < -0.4 is 0 Å². The van der Waals surface area contributed by atoms with Gasteiger partial charge < -0.3 is 4.74 Å². The first-order chi connectivity index (χ1) is 12.0. The molecule has 6 nitrogen and oxygen atoms in total. The largest absolute Gasteiger partial charge is 0.464 e. The Bertz CT molecular complexity index is 819. The Morgan fingerprint density at radius 1 is 1.20 bits per heavy atom. The van der Waals surface area contributed by atoms with Crippen molar-refractivity contribution in [1.82, 2.24) is 4.31 Å². The maximum Gasteiger partial charge on any atom is 0.306 e. The van der Waals surface area contributed by atoms with Gasteiger partial charge in [0.25, 0.3) is 15.9 Å². The zero-order chi connectivity index (χ0) is 17.6. The molecule has 2 saturated carbocycles. The number of hydrogen-bond donors (Lipinski definition) is 0. The first-order valence-corrected chi connectivity index (χ1v) is 10.2. The van der Waals surface area contributed by atoms with Crippen LogP contribution in [0.1, 0.15) is 42.5 Å². The minimum absolute atomic E-state index is 0.0216. The number of carbonyl (C=O) groups excluding carboxylic acids is 2. The molecule has 4 rings (SSSR count). The first-order valence-electron chi connectivity index (χ1n) is 8.78. The Balaban J connectivity index is 1.32. The predicted molar refractivity (Wildman–Crippen MR) is 89.2 cm³/mol. The lowest BCUT2D eigenvalue weighted by Gasteiger charge is -2.21. The molecule has 1 heterocycles. The van der Waals surface area contributed by atoms with Crippen LogP contribution in [0.4, 0.5) is 0 Å². The lowest BCUT2D eigenvalue weighted by Crippen LogP contribution is -2.33. The summed E-state index contributed by atoms with van der Waals surface area (Å²) in [5, 5.41) is 0. The molecule has 0 spiro atoms. The van der Waals surface area contributed by atoms with Crippen molar-refractivity contribution >= 4 is 21.9 Å². The number of esters is 1. The van der Waals surface area contributed by atoms with Crippen molar-refractivity contribution < 1.29 is 22.7 Å². The van der Waals surface area contributed by atoms with Crippen molar-refractivity contribution in [3.8, 4) is 0 Å². The first kappa shape index (κ1) is 16.6. The van der Waals surface area contributed by atoms with Crippen LogP contribution in [0.25, 0.3) is 0 Å². The maximum absolute atomic E-state index is 12.4. The van der Waals surface area contributed by atoms with Gasteiger partial charge in [-0.1, -0.05) is 18.6 Å². The van der Waals surface area contributed by atoms with E-state index in [4.69, 9.17) is 4.74 Å². The van der Waals surface area contributed by atoms with Crippen molar-refractivity contribution in [3.63, 3.8) is 0 Å². The number of carbonyl (C=O) groups is 2. The van der Waals surface area contributed by atoms with E-state index in [-0.39, 0.29) is 29.6 Å². The standard InChI is InChI=1S/C18H21NO5S/c20-17(11-14-10-12-5-6-13(14)9-12)24-8-7-19-18(21)15-3-1-2-4-16(15)25(19,22)23/h1-4,12-14H,5-11H2/t12-,13+,14-/m0/s1. The molecular weight excluding hydrogens is 342 g/mol. The van der Waals surface area contributed by atoms with E-state index < -0.39 is 15.9 Å². The van der Waals surface area contributed by atoms with Gasteiger partial charge in [0.05, 0.1) is 12.1 Å². The number of fused-ring (bicyclic) bond motifs is 3. The number of benzene rings is 1. The van der Waals surface area contributed by atoms with Crippen molar-refractivity contribution in [2.75, 3.05) is 13.2 Å². The summed E-state index contributed by atoms with van der Waals surface area (Å²) < 4.78 is 30.8. The van der Waals surface area contributed by atoms with Gasteiger partial charge in [0, 0.05) is 6.42 Å². The molecule has 2 aliphatic carbocycles. The smallest absolute Gasteiger partial charge is 0.306 e. The monoisotopic (exact) mass is 363 g/mol. The van der Waals surface area contributed by atoms with E-state index in [1.54, 1.807) is 12.1 Å². The summed E-state index contributed by atoms with van der Waals surface area (Å²) in [6.07, 6.45) is 5.24. The van der Waals surface area contributed by atoms with Crippen molar-refractivity contribution in [2.45, 2.75) is 37.0 Å². The molecular formula is C18H21NO5S. The molecule has 0 saturated heterocycles. The van der Waals surface area contributed by atoms with Crippen LogP contribution in [-0.4, -0.2) is 37.8 Å². The van der Waals surface area contributed by atoms with Gasteiger partial charge in [-0.25, -0.2) is 12.7 Å². The molecule has 0 aromatic heterocycles. The van der Waals surface area contributed by atoms with Crippen LogP contribution in [0.15, 0.2) is 29.2 Å². The van der Waals surface area contributed by atoms with Gasteiger partial charge in [0.15, 0.2) is 0 Å². The third-order valence-corrected chi connectivity index (χ3v) is 7.62. The van der Waals surface area contributed by atoms with Gasteiger partial charge in [-0.05, 0) is 49.1 Å². The minimum atomic E-state index is -3.83. The fourth-order valence-electron chi connectivity index (χ4n) is 4.59. The second-order valence-electron chi connectivity index (χ2n) is 7.24. The van der Waals surface area contributed by atoms with Gasteiger partial charge >= 0.3 is 5.97 Å². The highest BCUT2D eigenvalue weighted by Crippen LogP contribution is 2.49. The average Bonchev–Trinajstić information content (AvgIpc) is 3.24. The maximum atomic E-state index is 12.4. The topological polar surface area (TPSA) is 80.8 Å². The summed E-state index contributed by atoms with van der Waals surface area (Å²) in [7, 11) is -3.83. The van der Waals surface area contributed by atoms with Gasteiger partial charge in [0.1, 0.15) is 11.5 Å². The molecule has 1 amide bonds. The van der Waals surface area contributed by atoms with E-state index in [1.807, 2.05) is 0 Å². The number of hydrogen-bond acceptors (Lipinski definition) is 5. The number of ether oxygens (including phenoxy) is 1. The zero-order valence-corrected chi connectivity index (χ0v) is 14.7. The highest BCUT2D eigenvalue weighted by atomic mass is 32.2. The van der Waals surface area contributed by atoms with E-state index >= 15 is 0 Å². The molecule has 1 aromatic carbocycles. The molecule has 2 bridgehead atoms. The van der Waals surface area contributed by atoms with Crippen LogP contribution >= 0.6 is 0 Å². The van der Waals surface area contributed by atoms with Gasteiger partial charge in [0.2, 0.25) is 0 Å². The van der Waals surface area contributed by atoms with Crippen LogP contribution in [-0.2, 0) is 19.6 Å². The van der Waals surface area contributed by atoms with E-state index in [2.05, 4.69) is 0 Å². The molecule has 0 N–H and O–H groups in total. The summed E-state index contributed by atoms with van der Waals surface area (Å²) in [6.45, 7) is -0.239. The molecule has 3 aliphatic rings. The Morgan fingerprint density at radius 3 is 2.68 bits per heavy atom. The number of sulfonamides is 1. The number of amides is 1. The summed E-state index contributed by atoms with van der Waals surface area (Å²) in [6, 6.07) is 6.13. The second kappa shape index (κ2) is 6.12. The molecule has 134 valence electrons. The normalized spacial score (nSPS) is 29.0. The van der Waals surface area contributed by atoms with Crippen molar-refractivity contribution in [1.29, 1.82) is 0 Å². The SMILES string of the molecule is O=C(C[C@@H]1C[C@H]2CC[C@@H]1C2)OCCN1C(=O)c2ccccc2S1(=O)=O. The predicted octanol–water partition coefficient (Wildman–Crippen LogP) is 2.20. The van der Waals surface area contributed by atoms with Gasteiger partial charge in [-0.15, -0.1) is 0 Å². The van der Waals surface area contributed by atoms with Crippen LogP contribution in [0, 0.1) is 17.8 Å². The van der Waals surface area contributed by atoms with E-state index in [0.717, 1.165) is 16.6 Å². The van der Waals surface area contributed by atoms with E-state index in [9.17, 15) is 18.0 Å². The highest BCUT2D eigenvalue weighted by Gasteiger charge is 2.42. The Hall–Kier alpha value is -1.89. The molecule has 2 fully saturated rings. The van der Waals surface area contributed by atoms with Crippen molar-refractivity contribution in [3.05, 3.63) is 29.8 Å². The zero-order valence-electron chi connectivity index (χ0n) is 13.9. The second-order valence-corrected chi connectivity index (χ2v) is 9.07. The molecule has 7 heteroatoms. The van der Waals surface area contributed by atoms with Crippen molar-refractivity contribution in [2.24, 2.45) is 17.8 Å². The average molecular weight is 363 g/mol. The number of rotatable bonds is 5. The Morgan fingerprint density at radius 2 is 2.00 bits per heavy atom. The number of nitrogens with zero attached hydrogens (tertiary/aromatic N) is 1. The fraction of sp³-hybridized carbons (Fsp3) is 0.556. The van der Waals surface area contributed by atoms with Gasteiger partial charge in [-0.3, -0.25) is 9.59 Å². The lowest BCUT2D eigenvalue weighted by atomic mass is 9.86. The van der Waals surface area contributed by atoms with E-state index in [1.165, 1.54) is 31.4 Å². The summed E-state index contributed by atoms with van der Waals surface area (Å²) >= 11 is 0. The summed E-state index contributed by atoms with van der Waals surface area (Å²) in [5.41, 5.74) is 0.177. The fourth-order valence-corrected chi connectivity index (χ4v) is 6.15. The molecule has 3 atom stereocenters. The minimum Gasteiger partial charge on any atom is -0.464 e. The molecule has 1 aromatic rings. The summed E-state index contributed by atoms with van der Waals surface area (Å²) in [4.78, 5) is 24.3. The van der Waals surface area contributed by atoms with Crippen LogP contribution in [0.2, 0.25) is 0 Å². The molecule has 1 aliphatic heterocycles. The highest BCUT2D eigenvalue weighted by molar-refractivity contribution is 7.90. The van der Waals surface area contributed by atoms with Gasteiger partial charge in [-0.2, -0.15) is 0 Å². The molecule has 0 unspecified atom stereocenters. The third kappa shape index (κ3) is 2.84. The third-order valence-electron chi connectivity index (χ3n) is 5.78. The lowest BCUT2D eigenvalue weighted by molar-refractivity contribution is -0.145. The van der Waals surface area contributed by atoms with E-state index in [0.29, 0.717) is 18.3 Å². The molecule has 0 radical (unpaired) electrons. The quantitative estimate of drug-likeness (QED) is 0.749. The van der Waals surface area contributed by atoms with Crippen LogP contribution in [0.3, 0.4) is 0 Å². The summed E-state index contributed by atoms with van der Waals surface area (Å²) in [5.74, 6) is 0.979. The van der Waals surface area contributed by atoms with Crippen LogP contribution in [0.5, 0.6) is 0 Å². The Labute approximate surface area is 147 Å². The Kier molecular flexibility index (Phi) is 4.06. The molecule has 25 heavy (non-hydrogen) atoms.